The Morgan fingerprint density at radius 2 is 2.14 bits per heavy atom. The molecule has 0 unspecified atom stereocenters. The zero-order chi connectivity index (χ0) is 15.2. The average Bonchev–Trinajstić information content (AvgIpc) is 3.21. The first-order valence-corrected chi connectivity index (χ1v) is 9.72. The molecule has 2 heterocycles. The molecule has 0 bridgehead atoms. The van der Waals surface area contributed by atoms with Gasteiger partial charge in [-0.1, -0.05) is 13.8 Å². The van der Waals surface area contributed by atoms with Crippen LogP contribution in [0.2, 0.25) is 0 Å². The molecule has 2 fully saturated rings. The summed E-state index contributed by atoms with van der Waals surface area (Å²) in [6.07, 6.45) is 6.62. The number of ketones is 1. The van der Waals surface area contributed by atoms with Crippen LogP contribution in [0.15, 0.2) is 4.90 Å². The largest absolute Gasteiger partial charge is 0.396 e. The van der Waals surface area contributed by atoms with Gasteiger partial charge in [-0.05, 0) is 37.4 Å². The van der Waals surface area contributed by atoms with Crippen LogP contribution in [0.4, 0.5) is 10.7 Å². The Morgan fingerprint density at radius 3 is 2.71 bits per heavy atom. The Balaban J connectivity index is 1.94. The summed E-state index contributed by atoms with van der Waals surface area (Å²) in [5.74, 6) is 0.515. The number of thiophene rings is 1. The molecular formula is C16H24N2OS2. The highest BCUT2D eigenvalue weighted by atomic mass is 32.2. The first kappa shape index (κ1) is 15.2. The van der Waals surface area contributed by atoms with E-state index in [1.807, 2.05) is 0 Å². The lowest BCUT2D eigenvalue weighted by Gasteiger charge is -2.39. The highest BCUT2D eigenvalue weighted by Gasteiger charge is 2.36. The van der Waals surface area contributed by atoms with Gasteiger partial charge in [0, 0.05) is 19.0 Å². The second-order valence-electron chi connectivity index (χ2n) is 7.01. The van der Waals surface area contributed by atoms with Crippen LogP contribution >= 0.6 is 23.1 Å². The monoisotopic (exact) mass is 324 g/mol. The van der Waals surface area contributed by atoms with Gasteiger partial charge in [-0.2, -0.15) is 0 Å². The predicted octanol–water partition coefficient (Wildman–Crippen LogP) is 4.27. The van der Waals surface area contributed by atoms with Crippen molar-refractivity contribution in [1.82, 2.24) is 0 Å². The number of rotatable bonds is 4. The van der Waals surface area contributed by atoms with Crippen molar-refractivity contribution in [3.63, 3.8) is 0 Å². The third-order valence-corrected chi connectivity index (χ3v) is 6.68. The van der Waals surface area contributed by atoms with Gasteiger partial charge in [-0.25, -0.2) is 0 Å². The Bertz CT molecular complexity index is 561. The molecule has 1 aromatic rings. The summed E-state index contributed by atoms with van der Waals surface area (Å²) >= 11 is 3.30. The number of carbonyl (C=O) groups is 1. The van der Waals surface area contributed by atoms with Gasteiger partial charge in [0.25, 0.3) is 0 Å². The summed E-state index contributed by atoms with van der Waals surface area (Å²) < 4.78 is 0. The van der Waals surface area contributed by atoms with Crippen molar-refractivity contribution in [3.8, 4) is 0 Å². The van der Waals surface area contributed by atoms with E-state index in [1.54, 1.807) is 23.1 Å². The third kappa shape index (κ3) is 2.95. The maximum atomic E-state index is 12.4. The molecule has 0 radical (unpaired) electrons. The standard InChI is InChI=1S/C16H24N2OS2/c1-16(2)7-4-8-18(9-16)15-14(20-3)11(17)13(21-15)12(19)10-5-6-10/h10H,4-9,17H2,1-3H3. The molecule has 21 heavy (non-hydrogen) atoms. The number of nitrogens with two attached hydrogens (primary N) is 1. The molecule has 2 aliphatic rings. The van der Waals surface area contributed by atoms with Crippen molar-refractivity contribution in [3.05, 3.63) is 4.88 Å². The summed E-state index contributed by atoms with van der Waals surface area (Å²) in [5, 5.41) is 1.22. The lowest BCUT2D eigenvalue weighted by Crippen LogP contribution is -2.39. The Hall–Kier alpha value is -0.680. The number of piperidine rings is 1. The number of nitrogens with zero attached hydrogens (tertiary/aromatic N) is 1. The van der Waals surface area contributed by atoms with Crippen molar-refractivity contribution in [2.75, 3.05) is 30.0 Å². The first-order valence-electron chi connectivity index (χ1n) is 7.68. The summed E-state index contributed by atoms with van der Waals surface area (Å²) in [6, 6.07) is 0. The molecule has 116 valence electrons. The molecule has 0 atom stereocenters. The van der Waals surface area contributed by atoms with Crippen LogP contribution in [0.3, 0.4) is 0 Å². The molecule has 3 nitrogen and oxygen atoms in total. The van der Waals surface area contributed by atoms with Crippen LogP contribution in [0.5, 0.6) is 0 Å². The molecule has 0 spiro atoms. The fourth-order valence-corrected chi connectivity index (χ4v) is 5.36. The number of Topliss-reactive ketones (excluding diaryl/α,β-unsaturated/α-hetero) is 1. The van der Waals surface area contributed by atoms with Gasteiger partial charge in [0.05, 0.1) is 15.5 Å². The maximum Gasteiger partial charge on any atom is 0.178 e. The third-order valence-electron chi connectivity index (χ3n) is 4.45. The van der Waals surface area contributed by atoms with Crippen molar-refractivity contribution in [2.24, 2.45) is 11.3 Å². The maximum absolute atomic E-state index is 12.4. The lowest BCUT2D eigenvalue weighted by atomic mass is 9.84. The van der Waals surface area contributed by atoms with E-state index < -0.39 is 0 Å². The van der Waals surface area contributed by atoms with Crippen LogP contribution in [0, 0.1) is 11.3 Å². The lowest BCUT2D eigenvalue weighted by molar-refractivity contribution is 0.0972. The molecule has 5 heteroatoms. The average molecular weight is 325 g/mol. The highest BCUT2D eigenvalue weighted by Crippen LogP contribution is 2.48. The predicted molar refractivity (Wildman–Crippen MR) is 92.8 cm³/mol. The molecule has 3 rings (SSSR count). The smallest absolute Gasteiger partial charge is 0.178 e. The zero-order valence-electron chi connectivity index (χ0n) is 13.1. The van der Waals surface area contributed by atoms with Gasteiger partial charge in [0.1, 0.15) is 5.00 Å². The molecule has 0 aromatic carbocycles. The van der Waals surface area contributed by atoms with Gasteiger partial charge in [0.15, 0.2) is 5.78 Å². The van der Waals surface area contributed by atoms with Gasteiger partial charge >= 0.3 is 0 Å². The van der Waals surface area contributed by atoms with E-state index in [4.69, 9.17) is 5.73 Å². The molecule has 0 amide bonds. The molecule has 1 aliphatic carbocycles. The van der Waals surface area contributed by atoms with E-state index >= 15 is 0 Å². The molecule has 1 saturated carbocycles. The second kappa shape index (κ2) is 5.51. The van der Waals surface area contributed by atoms with Gasteiger partial charge < -0.3 is 10.6 Å². The number of anilines is 2. The fraction of sp³-hybridized carbons (Fsp3) is 0.688. The first-order chi connectivity index (χ1) is 9.93. The minimum Gasteiger partial charge on any atom is -0.396 e. The Kier molecular flexibility index (Phi) is 3.99. The van der Waals surface area contributed by atoms with Crippen molar-refractivity contribution >= 4 is 39.6 Å². The minimum atomic E-state index is 0.242. The number of hydrogen-bond donors (Lipinski definition) is 1. The van der Waals surface area contributed by atoms with E-state index in [9.17, 15) is 4.79 Å². The van der Waals surface area contributed by atoms with Gasteiger partial charge in [-0.15, -0.1) is 23.1 Å². The number of nitrogen functional groups attached to an aromatic ring is 1. The topological polar surface area (TPSA) is 46.3 Å². The van der Waals surface area contributed by atoms with Crippen LogP contribution in [0.1, 0.15) is 49.2 Å². The minimum absolute atomic E-state index is 0.242. The fourth-order valence-electron chi connectivity index (χ4n) is 3.13. The Labute approximate surface area is 135 Å². The number of thioether (sulfide) groups is 1. The quantitative estimate of drug-likeness (QED) is 0.663. The normalized spacial score (nSPS) is 21.6. The highest BCUT2D eigenvalue weighted by molar-refractivity contribution is 7.99. The molecule has 2 N–H and O–H groups in total. The van der Waals surface area contributed by atoms with E-state index in [0.29, 0.717) is 5.41 Å². The summed E-state index contributed by atoms with van der Waals surface area (Å²) in [6.45, 7) is 6.78. The molecule has 1 aromatic heterocycles. The molecular weight excluding hydrogens is 300 g/mol. The number of hydrogen-bond acceptors (Lipinski definition) is 5. The molecule has 1 saturated heterocycles. The van der Waals surface area contributed by atoms with Crippen molar-refractivity contribution in [2.45, 2.75) is 44.4 Å². The van der Waals surface area contributed by atoms with Crippen molar-refractivity contribution < 1.29 is 4.79 Å². The van der Waals surface area contributed by atoms with Crippen LogP contribution < -0.4 is 10.6 Å². The summed E-state index contributed by atoms with van der Waals surface area (Å²) in [7, 11) is 0. The van der Waals surface area contributed by atoms with Crippen LogP contribution in [-0.2, 0) is 0 Å². The summed E-state index contributed by atoms with van der Waals surface area (Å²) in [4.78, 5) is 16.8. The SMILES string of the molecule is CSc1c(N2CCCC(C)(C)C2)sc(C(=O)C2CC2)c1N. The van der Waals surface area contributed by atoms with Gasteiger partial charge in [-0.3, -0.25) is 4.79 Å². The second-order valence-corrected chi connectivity index (χ2v) is 8.83. The summed E-state index contributed by atoms with van der Waals surface area (Å²) in [5.41, 5.74) is 7.36. The van der Waals surface area contributed by atoms with E-state index in [-0.39, 0.29) is 11.7 Å². The van der Waals surface area contributed by atoms with Crippen LogP contribution in [0.25, 0.3) is 0 Å². The van der Waals surface area contributed by atoms with Gasteiger partial charge in [0.2, 0.25) is 0 Å². The number of carbonyl (C=O) groups excluding carboxylic acids is 1. The van der Waals surface area contributed by atoms with Crippen molar-refractivity contribution in [1.29, 1.82) is 0 Å². The van der Waals surface area contributed by atoms with E-state index in [2.05, 4.69) is 25.0 Å². The Morgan fingerprint density at radius 1 is 1.43 bits per heavy atom. The molecule has 1 aliphatic heterocycles. The zero-order valence-corrected chi connectivity index (χ0v) is 14.7. The van der Waals surface area contributed by atoms with E-state index in [1.165, 1.54) is 17.8 Å². The van der Waals surface area contributed by atoms with E-state index in [0.717, 1.165) is 41.4 Å². The van der Waals surface area contributed by atoms with Crippen LogP contribution in [-0.4, -0.2) is 25.1 Å².